The van der Waals surface area contributed by atoms with Gasteiger partial charge >= 0.3 is 0 Å². The van der Waals surface area contributed by atoms with Gasteiger partial charge in [-0.25, -0.2) is 0 Å². The largest absolute Gasteiger partial charge is 0.356 e. The van der Waals surface area contributed by atoms with Crippen molar-refractivity contribution in [2.24, 2.45) is 0 Å². The van der Waals surface area contributed by atoms with Crippen LogP contribution >= 0.6 is 12.2 Å². The van der Waals surface area contributed by atoms with Gasteiger partial charge in [0.2, 0.25) is 0 Å². The average Bonchev–Trinajstić information content (AvgIpc) is 2.45. The highest BCUT2D eigenvalue weighted by molar-refractivity contribution is 7.80. The minimum Gasteiger partial charge on any atom is -0.356 e. The normalized spacial score (nSPS) is 11.9. The zero-order valence-electron chi connectivity index (χ0n) is 13.9. The van der Waals surface area contributed by atoms with Crippen molar-refractivity contribution in [1.82, 2.24) is 5.32 Å². The fourth-order valence-corrected chi connectivity index (χ4v) is 2.63. The van der Waals surface area contributed by atoms with Crippen LogP contribution in [0.25, 0.3) is 0 Å². The number of hydrogen-bond acceptors (Lipinski definition) is 1. The maximum atomic E-state index is 5.45. The second kappa shape index (κ2) is 6.93. The summed E-state index contributed by atoms with van der Waals surface area (Å²) in [6, 6.07) is 13.0. The van der Waals surface area contributed by atoms with Crippen molar-refractivity contribution in [2.75, 3.05) is 5.32 Å². The second-order valence-corrected chi connectivity index (χ2v) is 6.39. The van der Waals surface area contributed by atoms with E-state index in [1.165, 1.54) is 27.8 Å². The van der Waals surface area contributed by atoms with E-state index in [1.54, 1.807) is 0 Å². The van der Waals surface area contributed by atoms with Gasteiger partial charge in [0.05, 0.1) is 6.04 Å². The molecule has 0 aromatic heterocycles. The molecule has 2 aromatic carbocycles. The zero-order chi connectivity index (χ0) is 16.3. The number of thiocarbonyl (C=S) groups is 1. The molecule has 0 amide bonds. The summed E-state index contributed by atoms with van der Waals surface area (Å²) in [5.41, 5.74) is 7.33. The van der Waals surface area contributed by atoms with Gasteiger partial charge < -0.3 is 10.6 Å². The van der Waals surface area contributed by atoms with Crippen molar-refractivity contribution < 1.29 is 0 Å². The highest BCUT2D eigenvalue weighted by Gasteiger charge is 2.09. The quantitative estimate of drug-likeness (QED) is 0.783. The number of nitrogens with one attached hydrogen (secondary N) is 2. The highest BCUT2D eigenvalue weighted by Crippen LogP contribution is 2.19. The molecular weight excluding hydrogens is 288 g/mol. The van der Waals surface area contributed by atoms with Crippen LogP contribution in [-0.4, -0.2) is 5.11 Å². The Morgan fingerprint density at radius 2 is 1.59 bits per heavy atom. The Labute approximate surface area is 139 Å². The van der Waals surface area contributed by atoms with Crippen LogP contribution in [0.15, 0.2) is 36.4 Å². The van der Waals surface area contributed by atoms with Gasteiger partial charge in [-0.2, -0.15) is 0 Å². The monoisotopic (exact) mass is 312 g/mol. The molecule has 2 rings (SSSR count). The molecule has 1 atom stereocenters. The summed E-state index contributed by atoms with van der Waals surface area (Å²) in [7, 11) is 0. The SMILES string of the molecule is Cc1ccc(C)c(NC(=S)N[C@H](C)c2ccc(C)c(C)c2)c1. The van der Waals surface area contributed by atoms with Crippen molar-refractivity contribution in [1.29, 1.82) is 0 Å². The van der Waals surface area contributed by atoms with E-state index in [2.05, 4.69) is 81.7 Å². The lowest BCUT2D eigenvalue weighted by Crippen LogP contribution is -2.31. The first kappa shape index (κ1) is 16.5. The highest BCUT2D eigenvalue weighted by atomic mass is 32.1. The number of hydrogen-bond donors (Lipinski definition) is 2. The fourth-order valence-electron chi connectivity index (χ4n) is 2.34. The molecule has 22 heavy (non-hydrogen) atoms. The molecule has 0 heterocycles. The van der Waals surface area contributed by atoms with E-state index in [-0.39, 0.29) is 6.04 Å². The van der Waals surface area contributed by atoms with E-state index < -0.39 is 0 Å². The molecule has 116 valence electrons. The third kappa shape index (κ3) is 4.08. The van der Waals surface area contributed by atoms with E-state index >= 15 is 0 Å². The first-order valence-electron chi connectivity index (χ1n) is 7.58. The Kier molecular flexibility index (Phi) is 5.19. The predicted molar refractivity (Wildman–Crippen MR) is 99.6 cm³/mol. The van der Waals surface area contributed by atoms with Gasteiger partial charge in [-0.05, 0) is 80.7 Å². The summed E-state index contributed by atoms with van der Waals surface area (Å²) in [5, 5.41) is 7.31. The molecule has 0 spiro atoms. The summed E-state index contributed by atoms with van der Waals surface area (Å²) in [6.07, 6.45) is 0. The Balaban J connectivity index is 2.04. The molecule has 0 saturated heterocycles. The Morgan fingerprint density at radius 1 is 0.909 bits per heavy atom. The molecule has 0 radical (unpaired) electrons. The van der Waals surface area contributed by atoms with Crippen molar-refractivity contribution >= 4 is 23.0 Å². The summed E-state index contributed by atoms with van der Waals surface area (Å²) in [5.74, 6) is 0. The third-order valence-corrected chi connectivity index (χ3v) is 4.24. The van der Waals surface area contributed by atoms with Gasteiger partial charge in [0, 0.05) is 5.69 Å². The first-order chi connectivity index (χ1) is 10.4. The Hall–Kier alpha value is -1.87. The average molecular weight is 312 g/mol. The molecule has 0 aliphatic carbocycles. The molecule has 2 aromatic rings. The molecule has 0 unspecified atom stereocenters. The van der Waals surface area contributed by atoms with Gasteiger partial charge in [-0.3, -0.25) is 0 Å². The number of benzene rings is 2. The fraction of sp³-hybridized carbons (Fsp3) is 0.316. The van der Waals surface area contributed by atoms with Crippen LogP contribution in [0.2, 0.25) is 0 Å². The lowest BCUT2D eigenvalue weighted by atomic mass is 10.0. The standard InChI is InChI=1S/C19H24N2S/c1-12-6-7-14(3)18(10-12)21-19(22)20-16(5)17-9-8-13(2)15(4)11-17/h6-11,16H,1-5H3,(H2,20,21,22)/t16-/m1/s1. The van der Waals surface area contributed by atoms with Crippen LogP contribution in [0, 0.1) is 27.7 Å². The van der Waals surface area contributed by atoms with E-state index in [1.807, 2.05) is 0 Å². The molecule has 0 fully saturated rings. The molecule has 0 aliphatic rings. The lowest BCUT2D eigenvalue weighted by Gasteiger charge is -2.19. The third-order valence-electron chi connectivity index (χ3n) is 4.02. The van der Waals surface area contributed by atoms with Crippen molar-refractivity contribution in [3.8, 4) is 0 Å². The lowest BCUT2D eigenvalue weighted by molar-refractivity contribution is 0.721. The molecule has 0 bridgehead atoms. The van der Waals surface area contributed by atoms with Crippen LogP contribution < -0.4 is 10.6 Å². The minimum atomic E-state index is 0.171. The topological polar surface area (TPSA) is 24.1 Å². The minimum absolute atomic E-state index is 0.171. The van der Waals surface area contributed by atoms with Crippen LogP contribution in [0.4, 0.5) is 5.69 Å². The van der Waals surface area contributed by atoms with Crippen molar-refractivity contribution in [2.45, 2.75) is 40.7 Å². The maximum Gasteiger partial charge on any atom is 0.171 e. The summed E-state index contributed by atoms with van der Waals surface area (Å²) < 4.78 is 0. The molecular formula is C19H24N2S. The predicted octanol–water partition coefficient (Wildman–Crippen LogP) is 4.97. The van der Waals surface area contributed by atoms with Gasteiger partial charge in [0.15, 0.2) is 5.11 Å². The second-order valence-electron chi connectivity index (χ2n) is 5.98. The number of rotatable bonds is 3. The Morgan fingerprint density at radius 3 is 2.27 bits per heavy atom. The zero-order valence-corrected chi connectivity index (χ0v) is 14.8. The van der Waals surface area contributed by atoms with Gasteiger partial charge in [0.1, 0.15) is 0 Å². The van der Waals surface area contributed by atoms with Crippen molar-refractivity contribution in [3.63, 3.8) is 0 Å². The summed E-state index contributed by atoms with van der Waals surface area (Å²) in [4.78, 5) is 0. The maximum absolute atomic E-state index is 5.45. The van der Waals surface area contributed by atoms with Crippen LogP contribution in [0.1, 0.15) is 40.8 Å². The van der Waals surface area contributed by atoms with E-state index in [9.17, 15) is 0 Å². The Bertz CT molecular complexity index is 692. The molecule has 3 heteroatoms. The molecule has 2 N–H and O–H groups in total. The van der Waals surface area contributed by atoms with E-state index in [4.69, 9.17) is 12.2 Å². The van der Waals surface area contributed by atoms with E-state index in [0.717, 1.165) is 5.69 Å². The van der Waals surface area contributed by atoms with Gasteiger partial charge in [-0.1, -0.05) is 30.3 Å². The van der Waals surface area contributed by atoms with Crippen LogP contribution in [-0.2, 0) is 0 Å². The first-order valence-corrected chi connectivity index (χ1v) is 7.99. The van der Waals surface area contributed by atoms with Crippen LogP contribution in [0.3, 0.4) is 0 Å². The summed E-state index contributed by atoms with van der Waals surface area (Å²) >= 11 is 5.45. The van der Waals surface area contributed by atoms with Crippen molar-refractivity contribution in [3.05, 3.63) is 64.2 Å². The molecule has 0 aliphatic heterocycles. The van der Waals surface area contributed by atoms with E-state index in [0.29, 0.717) is 5.11 Å². The molecule has 2 nitrogen and oxygen atoms in total. The molecule has 0 saturated carbocycles. The summed E-state index contributed by atoms with van der Waals surface area (Å²) in [6.45, 7) is 10.6. The van der Waals surface area contributed by atoms with Gasteiger partial charge in [0.25, 0.3) is 0 Å². The number of aryl methyl sites for hydroxylation is 4. The number of anilines is 1. The smallest absolute Gasteiger partial charge is 0.171 e. The van der Waals surface area contributed by atoms with Crippen LogP contribution in [0.5, 0.6) is 0 Å². The van der Waals surface area contributed by atoms with Gasteiger partial charge in [-0.15, -0.1) is 0 Å².